The molecule has 0 amide bonds. The molecule has 1 fully saturated rings. The van der Waals surface area contributed by atoms with Crippen LogP contribution in [0.15, 0.2) is 9.13 Å². The van der Waals surface area contributed by atoms with Gasteiger partial charge in [0.1, 0.15) is 10.7 Å². The minimum atomic E-state index is 0.00264. The third-order valence-corrected chi connectivity index (χ3v) is 8.35. The lowest BCUT2D eigenvalue weighted by molar-refractivity contribution is 0.509. The van der Waals surface area contributed by atoms with Gasteiger partial charge in [0.15, 0.2) is 4.34 Å². The number of thiophene rings is 1. The van der Waals surface area contributed by atoms with Crippen LogP contribution in [0.1, 0.15) is 54.6 Å². The van der Waals surface area contributed by atoms with Crippen molar-refractivity contribution in [2.24, 2.45) is 5.92 Å². The number of aryl methyl sites for hydroxylation is 1. The van der Waals surface area contributed by atoms with Crippen molar-refractivity contribution in [2.75, 3.05) is 5.32 Å². The maximum Gasteiger partial charge on any atom is 0.259 e. The Balaban J connectivity index is 1.40. The Hall–Kier alpha value is -1.45. The van der Waals surface area contributed by atoms with Gasteiger partial charge in [0, 0.05) is 10.9 Å². The van der Waals surface area contributed by atoms with Crippen LogP contribution in [0.2, 0.25) is 0 Å². The summed E-state index contributed by atoms with van der Waals surface area (Å²) in [4.78, 5) is 22.8. The molecule has 0 aliphatic heterocycles. The molecule has 2 N–H and O–H groups in total. The zero-order valence-corrected chi connectivity index (χ0v) is 17.7. The molecule has 0 spiro atoms. The largest absolute Gasteiger partial charge is 0.357 e. The molecule has 0 unspecified atom stereocenters. The first-order chi connectivity index (χ1) is 13.1. The number of rotatable bonds is 5. The third-order valence-electron chi connectivity index (χ3n) is 5.16. The maximum absolute atomic E-state index is 12.8. The van der Waals surface area contributed by atoms with Crippen LogP contribution in [0.5, 0.6) is 0 Å². The molecule has 1 saturated carbocycles. The Kier molecular flexibility index (Phi) is 4.48. The fraction of sp³-hybridized carbons (Fsp3) is 0.556. The second kappa shape index (κ2) is 6.86. The first-order valence-corrected chi connectivity index (χ1v) is 11.9. The van der Waals surface area contributed by atoms with Crippen molar-refractivity contribution in [1.29, 1.82) is 0 Å². The summed E-state index contributed by atoms with van der Waals surface area (Å²) in [6.45, 7) is 4.34. The molecule has 27 heavy (non-hydrogen) atoms. The van der Waals surface area contributed by atoms with E-state index in [2.05, 4.69) is 34.3 Å². The van der Waals surface area contributed by atoms with Gasteiger partial charge in [0.2, 0.25) is 5.13 Å². The number of nitrogens with one attached hydrogen (secondary N) is 2. The van der Waals surface area contributed by atoms with Crippen LogP contribution < -0.4 is 10.9 Å². The maximum atomic E-state index is 12.8. The lowest BCUT2D eigenvalue weighted by atomic mass is 9.89. The molecule has 0 radical (unpaired) electrons. The summed E-state index contributed by atoms with van der Waals surface area (Å²) in [5.74, 6) is 1.41. The lowest BCUT2D eigenvalue weighted by Gasteiger charge is -2.17. The quantitative estimate of drug-likeness (QED) is 0.597. The molecule has 3 heterocycles. The number of hydrogen-bond acceptors (Lipinski definition) is 8. The second-order valence-electron chi connectivity index (χ2n) is 7.53. The molecular formula is C18H21N5OS3. The van der Waals surface area contributed by atoms with Crippen LogP contribution in [0.3, 0.4) is 0 Å². The van der Waals surface area contributed by atoms with Crippen LogP contribution in [-0.4, -0.2) is 26.2 Å². The summed E-state index contributed by atoms with van der Waals surface area (Å²) in [5.41, 5.74) is 1.23. The van der Waals surface area contributed by atoms with Crippen molar-refractivity contribution in [3.8, 4) is 0 Å². The zero-order chi connectivity index (χ0) is 18.5. The number of nitrogens with zero attached hydrogens (tertiary/aromatic N) is 3. The molecule has 0 saturated heterocycles. The number of hydrogen-bond donors (Lipinski definition) is 2. The average molecular weight is 420 g/mol. The van der Waals surface area contributed by atoms with Gasteiger partial charge in [0.25, 0.3) is 5.56 Å². The summed E-state index contributed by atoms with van der Waals surface area (Å²) in [7, 11) is 0. The monoisotopic (exact) mass is 419 g/mol. The standard InChI is InChI=1S/C18H21N5OS3/c1-8-3-6-11-12(7-8)26-16-13(11)15(24)20-14(21-16)9(2)25-18-23-22-17(27-18)19-10-4-5-10/h8-10H,3-7H2,1-2H3,(H,19,22)(H,20,21,24)/t8-,9-/m0/s1. The molecule has 142 valence electrons. The van der Waals surface area contributed by atoms with Gasteiger partial charge in [-0.3, -0.25) is 4.79 Å². The van der Waals surface area contributed by atoms with Crippen molar-refractivity contribution >= 4 is 49.8 Å². The second-order valence-corrected chi connectivity index (χ2v) is 11.2. The normalized spacial score (nSPS) is 20.6. The molecule has 0 aromatic carbocycles. The van der Waals surface area contributed by atoms with E-state index in [1.807, 2.05) is 0 Å². The van der Waals surface area contributed by atoms with E-state index in [0.717, 1.165) is 44.8 Å². The molecule has 6 nitrogen and oxygen atoms in total. The first-order valence-electron chi connectivity index (χ1n) is 9.38. The number of anilines is 1. The van der Waals surface area contributed by atoms with Crippen LogP contribution in [0.4, 0.5) is 5.13 Å². The van der Waals surface area contributed by atoms with E-state index in [9.17, 15) is 4.79 Å². The van der Waals surface area contributed by atoms with Gasteiger partial charge in [-0.1, -0.05) is 30.0 Å². The van der Waals surface area contributed by atoms with E-state index in [4.69, 9.17) is 4.98 Å². The Morgan fingerprint density at radius 3 is 2.93 bits per heavy atom. The Morgan fingerprint density at radius 1 is 1.26 bits per heavy atom. The Morgan fingerprint density at radius 2 is 2.11 bits per heavy atom. The molecule has 3 aromatic heterocycles. The van der Waals surface area contributed by atoms with Crippen molar-refractivity contribution in [3.05, 3.63) is 26.6 Å². The van der Waals surface area contributed by atoms with Gasteiger partial charge in [0.05, 0.1) is 10.6 Å². The molecule has 0 bridgehead atoms. The molecule has 3 aromatic rings. The summed E-state index contributed by atoms with van der Waals surface area (Å²) in [6, 6.07) is 0.571. The van der Waals surface area contributed by atoms with Crippen LogP contribution in [0.25, 0.3) is 10.2 Å². The Labute approximate surface area is 169 Å². The van der Waals surface area contributed by atoms with Gasteiger partial charge in [-0.15, -0.1) is 21.5 Å². The molecular weight excluding hydrogens is 398 g/mol. The fourth-order valence-electron chi connectivity index (χ4n) is 3.48. The van der Waals surface area contributed by atoms with E-state index >= 15 is 0 Å². The van der Waals surface area contributed by atoms with Crippen molar-refractivity contribution in [1.82, 2.24) is 20.2 Å². The molecule has 5 rings (SSSR count). The highest BCUT2D eigenvalue weighted by atomic mass is 32.2. The van der Waals surface area contributed by atoms with Gasteiger partial charge in [-0.25, -0.2) is 4.98 Å². The van der Waals surface area contributed by atoms with Gasteiger partial charge >= 0.3 is 0 Å². The van der Waals surface area contributed by atoms with E-state index in [1.165, 1.54) is 23.3 Å². The van der Waals surface area contributed by atoms with Crippen LogP contribution in [0, 0.1) is 5.92 Å². The molecule has 2 atom stereocenters. The van der Waals surface area contributed by atoms with Crippen molar-refractivity contribution < 1.29 is 0 Å². The lowest BCUT2D eigenvalue weighted by Crippen LogP contribution is -2.15. The highest BCUT2D eigenvalue weighted by molar-refractivity contribution is 8.01. The van der Waals surface area contributed by atoms with Gasteiger partial charge in [-0.05, 0) is 50.5 Å². The molecule has 9 heteroatoms. The number of aromatic nitrogens is 4. The summed E-state index contributed by atoms with van der Waals surface area (Å²) in [6.07, 6.45) is 5.64. The molecule has 2 aliphatic rings. The van der Waals surface area contributed by atoms with E-state index in [-0.39, 0.29) is 10.8 Å². The van der Waals surface area contributed by atoms with Crippen molar-refractivity contribution in [2.45, 2.75) is 61.6 Å². The first kappa shape index (κ1) is 17.6. The minimum Gasteiger partial charge on any atom is -0.357 e. The minimum absolute atomic E-state index is 0.00264. The smallest absolute Gasteiger partial charge is 0.259 e. The van der Waals surface area contributed by atoms with Gasteiger partial charge < -0.3 is 10.3 Å². The highest BCUT2D eigenvalue weighted by Crippen LogP contribution is 2.39. The number of fused-ring (bicyclic) bond motifs is 3. The average Bonchev–Trinajstić information content (AvgIpc) is 3.20. The van der Waals surface area contributed by atoms with E-state index in [0.29, 0.717) is 12.0 Å². The van der Waals surface area contributed by atoms with E-state index < -0.39 is 0 Å². The Bertz CT molecular complexity index is 1050. The molecule has 2 aliphatic carbocycles. The van der Waals surface area contributed by atoms with E-state index in [1.54, 1.807) is 34.4 Å². The summed E-state index contributed by atoms with van der Waals surface area (Å²) in [5, 5.41) is 13.6. The topological polar surface area (TPSA) is 83.6 Å². The number of thioether (sulfide) groups is 1. The highest BCUT2D eigenvalue weighted by Gasteiger charge is 2.25. The van der Waals surface area contributed by atoms with Crippen LogP contribution in [-0.2, 0) is 12.8 Å². The fourth-order valence-corrected chi connectivity index (χ4v) is 6.90. The predicted molar refractivity (Wildman–Crippen MR) is 112 cm³/mol. The number of H-pyrrole nitrogens is 1. The summed E-state index contributed by atoms with van der Waals surface area (Å²) >= 11 is 4.86. The summed E-state index contributed by atoms with van der Waals surface area (Å²) < 4.78 is 0.896. The van der Waals surface area contributed by atoms with Gasteiger partial charge in [-0.2, -0.15) is 0 Å². The predicted octanol–water partition coefficient (Wildman–Crippen LogP) is 4.39. The van der Waals surface area contributed by atoms with Crippen molar-refractivity contribution in [3.63, 3.8) is 0 Å². The third kappa shape index (κ3) is 3.52. The zero-order valence-electron chi connectivity index (χ0n) is 15.2. The van der Waals surface area contributed by atoms with Crippen LogP contribution >= 0.6 is 34.4 Å². The SMILES string of the molecule is C[C@H]1CCc2c(sc3nc([C@H](C)Sc4nnc(NC5CC5)s4)[nH]c(=O)c23)C1. The number of aromatic amines is 1.